The molecule has 1 fully saturated rings. The summed E-state index contributed by atoms with van der Waals surface area (Å²) in [6.07, 6.45) is 11.6. The molecule has 9 N–H and O–H groups in total. The average molecular weight is 449 g/mol. The van der Waals surface area contributed by atoms with Crippen LogP contribution in [0.25, 0.3) is 0 Å². The summed E-state index contributed by atoms with van der Waals surface area (Å²) in [6.45, 7) is 8.83. The first-order valence-corrected chi connectivity index (χ1v) is 12.7. The lowest BCUT2D eigenvalue weighted by Crippen LogP contribution is -2.64. The average Bonchev–Trinajstić information content (AvgIpc) is 2.84. The summed E-state index contributed by atoms with van der Waals surface area (Å²) in [5.74, 6) is 0. The van der Waals surface area contributed by atoms with Crippen LogP contribution in [0.15, 0.2) is 11.6 Å². The molecule has 8 heteroatoms. The molecular formula is C24H48N8. The van der Waals surface area contributed by atoms with E-state index in [0.29, 0.717) is 13.0 Å². The standard InChI is InChI=1S/C24H48N8/c25-11-4-2-1-3-5-13-32-24-19-28-12-6-7-22(9-14-29-20-24)8-10-23(27,17-26)18-30-15-16-31-21-24/h7,28-32H,1-6,8-10,12-21,26-27H2. The third-order valence-electron chi connectivity index (χ3n) is 6.79. The van der Waals surface area contributed by atoms with E-state index in [1.807, 2.05) is 0 Å². The molecule has 0 radical (unpaired) electrons. The summed E-state index contributed by atoms with van der Waals surface area (Å²) in [7, 11) is 0. The Balaban J connectivity index is 1.99. The third kappa shape index (κ3) is 10.7. The quantitative estimate of drug-likeness (QED) is 0.208. The number of hydrogen-bond donors (Lipinski definition) is 7. The Bertz CT molecular complexity index is 575. The van der Waals surface area contributed by atoms with E-state index in [1.165, 1.54) is 12.0 Å². The number of fused-ring (bicyclic) bond motifs is 5. The highest BCUT2D eigenvalue weighted by Gasteiger charge is 2.29. The maximum atomic E-state index is 8.69. The molecule has 2 atom stereocenters. The highest BCUT2D eigenvalue weighted by molar-refractivity contribution is 5.06. The van der Waals surface area contributed by atoms with Gasteiger partial charge in [0.2, 0.25) is 0 Å². The summed E-state index contributed by atoms with van der Waals surface area (Å²) >= 11 is 0. The van der Waals surface area contributed by atoms with Gasteiger partial charge < -0.3 is 38.1 Å². The topological polar surface area (TPSA) is 136 Å². The van der Waals surface area contributed by atoms with Crippen LogP contribution in [-0.2, 0) is 0 Å². The van der Waals surface area contributed by atoms with E-state index in [-0.39, 0.29) is 11.1 Å². The van der Waals surface area contributed by atoms with Gasteiger partial charge in [0, 0.05) is 57.8 Å². The van der Waals surface area contributed by atoms with Gasteiger partial charge in [-0.2, -0.15) is 5.26 Å². The molecule has 0 spiro atoms. The summed E-state index contributed by atoms with van der Waals surface area (Å²) < 4.78 is 0. The first kappa shape index (κ1) is 27.2. The smallest absolute Gasteiger partial charge is 0.0621 e. The SMILES string of the molecule is N#CCCCCCCNC12CNCCC=C(CCNC1)CCC(N)(CN)CNCCNC2. The van der Waals surface area contributed by atoms with Crippen molar-refractivity contribution in [1.29, 1.82) is 5.26 Å². The molecule has 2 aliphatic rings. The maximum absolute atomic E-state index is 8.69. The largest absolute Gasteiger partial charge is 0.329 e. The van der Waals surface area contributed by atoms with Crippen molar-refractivity contribution in [1.82, 2.24) is 26.6 Å². The van der Waals surface area contributed by atoms with Crippen molar-refractivity contribution in [2.75, 3.05) is 65.4 Å². The van der Waals surface area contributed by atoms with Crippen LogP contribution in [0.4, 0.5) is 0 Å². The van der Waals surface area contributed by atoms with E-state index >= 15 is 0 Å². The molecule has 2 aliphatic heterocycles. The Morgan fingerprint density at radius 3 is 2.34 bits per heavy atom. The molecule has 184 valence electrons. The number of nitrogens with zero attached hydrogens (tertiary/aromatic N) is 1. The fourth-order valence-electron chi connectivity index (χ4n) is 4.54. The third-order valence-corrected chi connectivity index (χ3v) is 6.79. The first-order valence-electron chi connectivity index (χ1n) is 12.7. The fraction of sp³-hybridized carbons (Fsp3) is 0.875. The van der Waals surface area contributed by atoms with E-state index < -0.39 is 0 Å². The number of nitrogens with two attached hydrogens (primary N) is 2. The van der Waals surface area contributed by atoms with Crippen molar-refractivity contribution in [3.8, 4) is 6.07 Å². The maximum Gasteiger partial charge on any atom is 0.0621 e. The Morgan fingerprint density at radius 2 is 1.59 bits per heavy atom. The molecule has 1 saturated heterocycles. The van der Waals surface area contributed by atoms with Crippen molar-refractivity contribution < 1.29 is 0 Å². The summed E-state index contributed by atoms with van der Waals surface area (Å²) in [5.41, 5.74) is 13.8. The van der Waals surface area contributed by atoms with Crippen LogP contribution in [0.2, 0.25) is 0 Å². The lowest BCUT2D eigenvalue weighted by molar-refractivity contribution is 0.279. The fourth-order valence-corrected chi connectivity index (χ4v) is 4.54. The van der Waals surface area contributed by atoms with Crippen molar-refractivity contribution >= 4 is 0 Å². The number of rotatable bonds is 8. The van der Waals surface area contributed by atoms with E-state index in [4.69, 9.17) is 16.7 Å². The van der Waals surface area contributed by atoms with Gasteiger partial charge >= 0.3 is 0 Å². The lowest BCUT2D eigenvalue weighted by atomic mass is 9.90. The van der Waals surface area contributed by atoms with Gasteiger partial charge in [-0.25, -0.2) is 0 Å². The molecule has 32 heavy (non-hydrogen) atoms. The minimum atomic E-state index is -0.347. The van der Waals surface area contributed by atoms with Crippen molar-refractivity contribution in [3.63, 3.8) is 0 Å². The Labute approximate surface area is 195 Å². The molecule has 2 heterocycles. The first-order chi connectivity index (χ1) is 15.6. The molecule has 2 unspecified atom stereocenters. The second-order valence-electron chi connectivity index (χ2n) is 9.70. The van der Waals surface area contributed by atoms with Crippen LogP contribution in [0.1, 0.15) is 57.8 Å². The molecule has 8 nitrogen and oxygen atoms in total. The highest BCUT2D eigenvalue weighted by Crippen LogP contribution is 2.17. The molecule has 2 rings (SSSR count). The molecule has 0 aliphatic carbocycles. The van der Waals surface area contributed by atoms with Gasteiger partial charge in [0.1, 0.15) is 0 Å². The zero-order valence-electron chi connectivity index (χ0n) is 20.1. The monoisotopic (exact) mass is 448 g/mol. The van der Waals surface area contributed by atoms with E-state index in [1.54, 1.807) is 0 Å². The zero-order chi connectivity index (χ0) is 23.0. The lowest BCUT2D eigenvalue weighted by Gasteiger charge is -2.36. The number of nitrogens with one attached hydrogen (secondary N) is 5. The van der Waals surface area contributed by atoms with Gasteiger partial charge in [-0.05, 0) is 58.2 Å². The highest BCUT2D eigenvalue weighted by atomic mass is 15.1. The second kappa shape index (κ2) is 15.7. The van der Waals surface area contributed by atoms with E-state index in [9.17, 15) is 0 Å². The Hall–Kier alpha value is -1.05. The molecule has 0 aromatic rings. The van der Waals surface area contributed by atoms with Gasteiger partial charge in [-0.15, -0.1) is 0 Å². The Morgan fingerprint density at radius 1 is 0.906 bits per heavy atom. The van der Waals surface area contributed by atoms with Crippen LogP contribution in [0.3, 0.4) is 0 Å². The predicted molar refractivity (Wildman–Crippen MR) is 133 cm³/mol. The summed E-state index contributed by atoms with van der Waals surface area (Å²) in [5, 5.41) is 27.2. The minimum Gasteiger partial charge on any atom is -0.329 e. The van der Waals surface area contributed by atoms with E-state index in [0.717, 1.165) is 104 Å². The Kier molecular flexibility index (Phi) is 13.4. The van der Waals surface area contributed by atoms with Crippen LogP contribution in [-0.4, -0.2) is 76.5 Å². The molecule has 0 saturated carbocycles. The normalized spacial score (nSPS) is 29.0. The van der Waals surface area contributed by atoms with Crippen LogP contribution in [0, 0.1) is 11.3 Å². The van der Waals surface area contributed by atoms with Crippen LogP contribution >= 0.6 is 0 Å². The summed E-state index contributed by atoms with van der Waals surface area (Å²) in [6, 6.07) is 2.24. The molecule has 2 bridgehead atoms. The van der Waals surface area contributed by atoms with E-state index in [2.05, 4.69) is 38.7 Å². The molecule has 0 amide bonds. The predicted octanol–water partition coefficient (Wildman–Crippen LogP) is 0.317. The molecule has 0 aromatic carbocycles. The summed E-state index contributed by atoms with van der Waals surface area (Å²) in [4.78, 5) is 0. The van der Waals surface area contributed by atoms with Crippen molar-refractivity contribution in [3.05, 3.63) is 11.6 Å². The van der Waals surface area contributed by atoms with Gasteiger partial charge in [-0.3, -0.25) is 0 Å². The number of nitriles is 1. The van der Waals surface area contributed by atoms with Gasteiger partial charge in [0.25, 0.3) is 0 Å². The van der Waals surface area contributed by atoms with Gasteiger partial charge in [0.05, 0.1) is 11.6 Å². The number of unbranched alkanes of at least 4 members (excludes halogenated alkanes) is 4. The van der Waals surface area contributed by atoms with Crippen LogP contribution in [0.5, 0.6) is 0 Å². The molecular weight excluding hydrogens is 400 g/mol. The molecule has 0 aromatic heterocycles. The zero-order valence-corrected chi connectivity index (χ0v) is 20.1. The number of hydrogen-bond acceptors (Lipinski definition) is 8. The van der Waals surface area contributed by atoms with Crippen molar-refractivity contribution in [2.24, 2.45) is 11.5 Å². The van der Waals surface area contributed by atoms with Gasteiger partial charge in [-0.1, -0.05) is 24.5 Å². The second-order valence-corrected chi connectivity index (χ2v) is 9.70. The van der Waals surface area contributed by atoms with Crippen LogP contribution < -0.4 is 38.1 Å². The van der Waals surface area contributed by atoms with Gasteiger partial charge in [0.15, 0.2) is 0 Å². The minimum absolute atomic E-state index is 0.0216. The van der Waals surface area contributed by atoms with Crippen molar-refractivity contribution in [2.45, 2.75) is 68.9 Å².